The van der Waals surface area contributed by atoms with Crippen molar-refractivity contribution in [3.8, 4) is 11.5 Å². The standard InChI is InChI=1S/C17H15F2N3O7/c18-17(19)13(24)11(6-23)29-15(17)22-4-3-12(21-16(22)26)20-14(25)8-1-2-9-10(5-8)28-7-27-9/h1-5,11,13,15,23-24H,6-7H2,(H,20,21,25,26)/t11-,13-,15-/m1/s1. The predicted molar refractivity (Wildman–Crippen MR) is 91.0 cm³/mol. The van der Waals surface area contributed by atoms with Gasteiger partial charge in [-0.15, -0.1) is 0 Å². The first-order valence-electron chi connectivity index (χ1n) is 8.43. The molecule has 1 aromatic heterocycles. The molecule has 3 N–H and O–H groups in total. The number of carbonyl (C=O) groups is 1. The monoisotopic (exact) mass is 411 g/mol. The average molecular weight is 411 g/mol. The fourth-order valence-electron chi connectivity index (χ4n) is 3.01. The summed E-state index contributed by atoms with van der Waals surface area (Å²) in [7, 11) is 0. The zero-order valence-corrected chi connectivity index (χ0v) is 14.6. The van der Waals surface area contributed by atoms with E-state index in [0.29, 0.717) is 16.1 Å². The van der Waals surface area contributed by atoms with Gasteiger partial charge in [-0.25, -0.2) is 4.79 Å². The maximum atomic E-state index is 14.2. The molecule has 1 saturated heterocycles. The Labute approximate surface area is 161 Å². The highest BCUT2D eigenvalue weighted by Gasteiger charge is 2.59. The van der Waals surface area contributed by atoms with Crippen molar-refractivity contribution in [2.75, 3.05) is 18.7 Å². The van der Waals surface area contributed by atoms with E-state index in [-0.39, 0.29) is 18.2 Å². The molecule has 0 saturated carbocycles. The van der Waals surface area contributed by atoms with Crippen LogP contribution in [0.5, 0.6) is 11.5 Å². The van der Waals surface area contributed by atoms with E-state index in [1.807, 2.05) is 0 Å². The number of nitrogens with zero attached hydrogens (tertiary/aromatic N) is 2. The van der Waals surface area contributed by atoms with Crippen LogP contribution >= 0.6 is 0 Å². The van der Waals surface area contributed by atoms with E-state index in [9.17, 15) is 23.5 Å². The number of hydrogen-bond acceptors (Lipinski definition) is 8. The second-order valence-corrected chi connectivity index (χ2v) is 6.35. The van der Waals surface area contributed by atoms with Gasteiger partial charge in [-0.1, -0.05) is 0 Å². The summed E-state index contributed by atoms with van der Waals surface area (Å²) in [5, 5.41) is 21.0. The lowest BCUT2D eigenvalue weighted by Crippen LogP contribution is -2.41. The molecule has 10 nitrogen and oxygen atoms in total. The highest BCUT2D eigenvalue weighted by atomic mass is 19.3. The van der Waals surface area contributed by atoms with E-state index < -0.39 is 42.6 Å². The van der Waals surface area contributed by atoms with Crippen molar-refractivity contribution in [2.45, 2.75) is 24.4 Å². The van der Waals surface area contributed by atoms with E-state index in [0.717, 1.165) is 12.3 Å². The molecule has 0 aliphatic carbocycles. The average Bonchev–Trinajstić information content (AvgIpc) is 3.24. The molecule has 3 heterocycles. The van der Waals surface area contributed by atoms with Crippen LogP contribution in [0.25, 0.3) is 0 Å². The number of hydrogen-bond donors (Lipinski definition) is 3. The first kappa shape index (κ1) is 19.2. The Morgan fingerprint density at radius 3 is 2.76 bits per heavy atom. The normalized spacial score (nSPS) is 24.5. The van der Waals surface area contributed by atoms with Crippen molar-refractivity contribution < 1.29 is 38.0 Å². The molecule has 1 fully saturated rings. The number of rotatable bonds is 4. The van der Waals surface area contributed by atoms with Gasteiger partial charge in [-0.2, -0.15) is 13.8 Å². The molecule has 12 heteroatoms. The minimum absolute atomic E-state index is 0.0416. The number of alkyl halides is 2. The van der Waals surface area contributed by atoms with E-state index in [4.69, 9.17) is 19.3 Å². The van der Waals surface area contributed by atoms with Crippen LogP contribution in [0.2, 0.25) is 0 Å². The number of ether oxygens (including phenoxy) is 3. The molecule has 2 aromatic rings. The third-order valence-corrected chi connectivity index (χ3v) is 4.52. The van der Waals surface area contributed by atoms with E-state index >= 15 is 0 Å². The molecule has 1 amide bonds. The summed E-state index contributed by atoms with van der Waals surface area (Å²) in [6.45, 7) is -0.807. The number of carbonyl (C=O) groups excluding carboxylic acids is 1. The number of halogens is 2. The number of aliphatic hydroxyl groups excluding tert-OH is 2. The molecule has 0 radical (unpaired) electrons. The molecule has 0 bridgehead atoms. The minimum Gasteiger partial charge on any atom is -0.454 e. The Hall–Kier alpha value is -3.09. The number of fused-ring (bicyclic) bond motifs is 1. The lowest BCUT2D eigenvalue weighted by molar-refractivity contribution is -0.140. The Balaban J connectivity index is 1.53. The lowest BCUT2D eigenvalue weighted by atomic mass is 10.1. The Morgan fingerprint density at radius 1 is 1.31 bits per heavy atom. The highest BCUT2D eigenvalue weighted by Crippen LogP contribution is 2.42. The van der Waals surface area contributed by atoms with Gasteiger partial charge in [0.25, 0.3) is 5.91 Å². The SMILES string of the molecule is O=C(Nc1ccn([C@@H]2O[C@H](CO)[C@@H](O)C2(F)F)c(=O)n1)c1ccc2c(c1)OCO2. The zero-order chi connectivity index (χ0) is 20.8. The number of benzene rings is 1. The summed E-state index contributed by atoms with van der Waals surface area (Å²) in [6, 6.07) is 5.60. The van der Waals surface area contributed by atoms with Crippen LogP contribution in [0, 0.1) is 0 Å². The second-order valence-electron chi connectivity index (χ2n) is 6.35. The summed E-state index contributed by atoms with van der Waals surface area (Å²) >= 11 is 0. The van der Waals surface area contributed by atoms with Crippen LogP contribution in [0.15, 0.2) is 35.3 Å². The van der Waals surface area contributed by atoms with Gasteiger partial charge in [0.2, 0.25) is 13.0 Å². The quantitative estimate of drug-likeness (QED) is 0.646. The summed E-state index contributed by atoms with van der Waals surface area (Å²) < 4.78 is 44.1. The number of aromatic nitrogens is 2. The van der Waals surface area contributed by atoms with Crippen LogP contribution in [-0.2, 0) is 4.74 Å². The maximum Gasteiger partial charge on any atom is 0.351 e. The fraction of sp³-hybridized carbons (Fsp3) is 0.353. The van der Waals surface area contributed by atoms with E-state index in [1.54, 1.807) is 6.07 Å². The van der Waals surface area contributed by atoms with Crippen molar-refractivity contribution >= 4 is 11.7 Å². The summed E-state index contributed by atoms with van der Waals surface area (Å²) in [5.74, 6) is -3.72. The maximum absolute atomic E-state index is 14.2. The van der Waals surface area contributed by atoms with Crippen molar-refractivity contribution in [3.05, 3.63) is 46.5 Å². The highest BCUT2D eigenvalue weighted by molar-refractivity contribution is 6.04. The number of nitrogens with one attached hydrogen (secondary N) is 1. The van der Waals surface area contributed by atoms with Gasteiger partial charge >= 0.3 is 11.6 Å². The molecule has 4 rings (SSSR count). The van der Waals surface area contributed by atoms with Crippen molar-refractivity contribution in [1.29, 1.82) is 0 Å². The van der Waals surface area contributed by atoms with Gasteiger partial charge < -0.3 is 29.7 Å². The Bertz CT molecular complexity index is 1010. The molecule has 2 aliphatic heterocycles. The predicted octanol–water partition coefficient (Wildman–Crippen LogP) is 0.110. The number of anilines is 1. The fourth-order valence-corrected chi connectivity index (χ4v) is 3.01. The van der Waals surface area contributed by atoms with Crippen molar-refractivity contribution in [2.24, 2.45) is 0 Å². The molecule has 0 spiro atoms. The Kier molecular flexibility index (Phi) is 4.68. The largest absolute Gasteiger partial charge is 0.454 e. The minimum atomic E-state index is -3.82. The molecule has 0 unspecified atom stereocenters. The van der Waals surface area contributed by atoms with E-state index in [1.165, 1.54) is 12.1 Å². The van der Waals surface area contributed by atoms with Crippen LogP contribution in [0.3, 0.4) is 0 Å². The summed E-state index contributed by atoms with van der Waals surface area (Å²) in [4.78, 5) is 28.1. The van der Waals surface area contributed by atoms with Crippen LogP contribution in [0.1, 0.15) is 16.6 Å². The van der Waals surface area contributed by atoms with Gasteiger partial charge in [-0.05, 0) is 24.3 Å². The van der Waals surface area contributed by atoms with Gasteiger partial charge in [0.05, 0.1) is 6.61 Å². The third-order valence-electron chi connectivity index (χ3n) is 4.52. The summed E-state index contributed by atoms with van der Waals surface area (Å²) in [6.07, 6.45) is -5.02. The van der Waals surface area contributed by atoms with Crippen LogP contribution < -0.4 is 20.5 Å². The van der Waals surface area contributed by atoms with Crippen LogP contribution in [0.4, 0.5) is 14.6 Å². The molecular weight excluding hydrogens is 396 g/mol. The van der Waals surface area contributed by atoms with Crippen molar-refractivity contribution in [1.82, 2.24) is 9.55 Å². The lowest BCUT2D eigenvalue weighted by Gasteiger charge is -2.21. The Morgan fingerprint density at radius 2 is 2.07 bits per heavy atom. The number of amides is 1. The van der Waals surface area contributed by atoms with Crippen LogP contribution in [-0.4, -0.2) is 57.2 Å². The first-order chi connectivity index (χ1) is 13.8. The second kappa shape index (κ2) is 7.06. The van der Waals surface area contributed by atoms with Gasteiger partial charge in [0.15, 0.2) is 17.6 Å². The topological polar surface area (TPSA) is 132 Å². The first-order valence-corrected chi connectivity index (χ1v) is 8.43. The smallest absolute Gasteiger partial charge is 0.351 e. The molecule has 1 aromatic carbocycles. The molecular formula is C17H15F2N3O7. The zero-order valence-electron chi connectivity index (χ0n) is 14.6. The molecule has 2 aliphatic rings. The van der Waals surface area contributed by atoms with E-state index in [2.05, 4.69) is 10.3 Å². The third kappa shape index (κ3) is 3.30. The molecule has 29 heavy (non-hydrogen) atoms. The van der Waals surface area contributed by atoms with Gasteiger partial charge in [-0.3, -0.25) is 9.36 Å². The van der Waals surface area contributed by atoms with Gasteiger partial charge in [0.1, 0.15) is 11.9 Å². The van der Waals surface area contributed by atoms with Crippen molar-refractivity contribution in [3.63, 3.8) is 0 Å². The number of aliphatic hydroxyl groups is 2. The molecule has 154 valence electrons. The van der Waals surface area contributed by atoms with Gasteiger partial charge in [0, 0.05) is 11.8 Å². The summed E-state index contributed by atoms with van der Waals surface area (Å²) in [5.41, 5.74) is -0.927. The molecule has 3 atom stereocenters.